The van der Waals surface area contributed by atoms with Crippen molar-refractivity contribution >= 4 is 40.2 Å². The second kappa shape index (κ2) is 8.10. The zero-order valence-corrected chi connectivity index (χ0v) is 17.4. The lowest BCUT2D eigenvalue weighted by molar-refractivity contribution is 0.0632. The first kappa shape index (κ1) is 18.6. The number of amides is 1. The molecule has 2 aromatic heterocycles. The fourth-order valence-electron chi connectivity index (χ4n) is 3.20. The first-order chi connectivity index (χ1) is 13.1. The molecule has 0 unspecified atom stereocenters. The molecule has 3 heterocycles. The van der Waals surface area contributed by atoms with E-state index < -0.39 is 0 Å². The second-order valence-corrected chi connectivity index (χ2v) is 8.86. The summed E-state index contributed by atoms with van der Waals surface area (Å²) in [5, 5.41) is 5.86. The Bertz CT molecular complexity index is 913. The van der Waals surface area contributed by atoms with Crippen molar-refractivity contribution < 1.29 is 4.79 Å². The van der Waals surface area contributed by atoms with E-state index in [1.54, 1.807) is 11.3 Å². The highest BCUT2D eigenvalue weighted by Gasteiger charge is 2.25. The van der Waals surface area contributed by atoms with Gasteiger partial charge in [0.1, 0.15) is 9.88 Å². The molecule has 3 aromatic rings. The quantitative estimate of drug-likeness (QED) is 0.612. The van der Waals surface area contributed by atoms with Crippen LogP contribution in [0.3, 0.4) is 0 Å². The van der Waals surface area contributed by atoms with Gasteiger partial charge in [-0.15, -0.1) is 11.3 Å². The number of carbonyl (C=O) groups is 1. The monoisotopic (exact) mass is 417 g/mol. The van der Waals surface area contributed by atoms with Crippen LogP contribution in [-0.4, -0.2) is 46.9 Å². The molecule has 0 saturated carbocycles. The molecule has 0 N–H and O–H groups in total. The number of hydrogen-bond acceptors (Lipinski definition) is 5. The van der Waals surface area contributed by atoms with Crippen LogP contribution in [0.2, 0.25) is 5.02 Å². The third-order valence-electron chi connectivity index (χ3n) is 4.73. The molecule has 1 aliphatic heterocycles. The van der Waals surface area contributed by atoms with Gasteiger partial charge in [-0.1, -0.05) is 23.7 Å². The van der Waals surface area contributed by atoms with Gasteiger partial charge in [-0.05, 0) is 41.4 Å². The lowest BCUT2D eigenvalue weighted by Gasteiger charge is -2.34. The van der Waals surface area contributed by atoms with E-state index in [4.69, 9.17) is 11.6 Å². The van der Waals surface area contributed by atoms with Gasteiger partial charge in [0, 0.05) is 43.3 Å². The Kier molecular flexibility index (Phi) is 5.59. The van der Waals surface area contributed by atoms with Crippen LogP contribution >= 0.6 is 34.3 Å². The standard InChI is InChI=1S/C20H20ClN3OS2/c1-14-18(27-19(22-14)16-2-4-17(21)5-3-16)20(25)24-9-7-23(8-10-24)12-15-6-11-26-13-15/h2-6,11,13H,7-10,12H2,1H3. The smallest absolute Gasteiger partial charge is 0.265 e. The predicted molar refractivity (Wildman–Crippen MR) is 113 cm³/mol. The molecule has 4 nitrogen and oxygen atoms in total. The topological polar surface area (TPSA) is 36.4 Å². The molecule has 0 atom stereocenters. The molecule has 1 aliphatic rings. The average Bonchev–Trinajstić information content (AvgIpc) is 3.32. The molecule has 27 heavy (non-hydrogen) atoms. The normalized spacial score (nSPS) is 15.3. The van der Waals surface area contributed by atoms with E-state index in [2.05, 4.69) is 26.7 Å². The Labute approximate surface area is 172 Å². The van der Waals surface area contributed by atoms with E-state index >= 15 is 0 Å². The number of piperazine rings is 1. The van der Waals surface area contributed by atoms with Gasteiger partial charge < -0.3 is 4.90 Å². The van der Waals surface area contributed by atoms with Gasteiger partial charge in [-0.2, -0.15) is 11.3 Å². The number of halogens is 1. The molecule has 0 bridgehead atoms. The molecule has 4 rings (SSSR count). The van der Waals surface area contributed by atoms with E-state index in [1.807, 2.05) is 36.1 Å². The number of carbonyl (C=O) groups excluding carboxylic acids is 1. The van der Waals surface area contributed by atoms with Crippen molar-refractivity contribution in [2.75, 3.05) is 26.2 Å². The summed E-state index contributed by atoms with van der Waals surface area (Å²) in [6.45, 7) is 6.21. The van der Waals surface area contributed by atoms with Crippen LogP contribution < -0.4 is 0 Å². The summed E-state index contributed by atoms with van der Waals surface area (Å²) in [5.74, 6) is 0.0976. The van der Waals surface area contributed by atoms with Crippen molar-refractivity contribution in [1.82, 2.24) is 14.8 Å². The highest BCUT2D eigenvalue weighted by atomic mass is 35.5. The molecule has 1 saturated heterocycles. The van der Waals surface area contributed by atoms with Crippen LogP contribution in [0.25, 0.3) is 10.6 Å². The maximum atomic E-state index is 13.0. The predicted octanol–water partition coefficient (Wildman–Crippen LogP) is 4.79. The third kappa shape index (κ3) is 4.24. The molecule has 7 heteroatoms. The van der Waals surface area contributed by atoms with Gasteiger partial charge in [-0.3, -0.25) is 9.69 Å². The summed E-state index contributed by atoms with van der Waals surface area (Å²) < 4.78 is 0. The lowest BCUT2D eigenvalue weighted by Crippen LogP contribution is -2.48. The molecule has 0 radical (unpaired) electrons. The first-order valence-electron chi connectivity index (χ1n) is 8.86. The molecule has 1 amide bonds. The maximum Gasteiger partial charge on any atom is 0.265 e. The first-order valence-corrected chi connectivity index (χ1v) is 11.0. The number of benzene rings is 1. The van der Waals surface area contributed by atoms with E-state index in [0.717, 1.165) is 53.9 Å². The van der Waals surface area contributed by atoms with Crippen LogP contribution in [0.15, 0.2) is 41.1 Å². The Morgan fingerprint density at radius 3 is 2.56 bits per heavy atom. The minimum absolute atomic E-state index is 0.0976. The molecule has 140 valence electrons. The highest BCUT2D eigenvalue weighted by molar-refractivity contribution is 7.17. The van der Waals surface area contributed by atoms with E-state index in [0.29, 0.717) is 5.02 Å². The third-order valence-corrected chi connectivity index (χ3v) is 6.91. The summed E-state index contributed by atoms with van der Waals surface area (Å²) in [6.07, 6.45) is 0. The number of hydrogen-bond donors (Lipinski definition) is 0. The summed E-state index contributed by atoms with van der Waals surface area (Å²) in [4.78, 5) is 22.7. The number of aryl methyl sites for hydroxylation is 1. The number of nitrogens with zero attached hydrogens (tertiary/aromatic N) is 3. The Morgan fingerprint density at radius 1 is 1.15 bits per heavy atom. The Hall–Kier alpha value is -1.73. The maximum absolute atomic E-state index is 13.0. The lowest BCUT2D eigenvalue weighted by atomic mass is 10.2. The zero-order valence-electron chi connectivity index (χ0n) is 15.0. The SMILES string of the molecule is Cc1nc(-c2ccc(Cl)cc2)sc1C(=O)N1CCN(Cc2ccsc2)CC1. The average molecular weight is 418 g/mol. The number of thiazole rings is 1. The highest BCUT2D eigenvalue weighted by Crippen LogP contribution is 2.30. The fourth-order valence-corrected chi connectivity index (χ4v) is 5.03. The minimum atomic E-state index is 0.0976. The largest absolute Gasteiger partial charge is 0.335 e. The van der Waals surface area contributed by atoms with Crippen molar-refractivity contribution in [3.05, 3.63) is 62.2 Å². The van der Waals surface area contributed by atoms with Crippen LogP contribution in [-0.2, 0) is 6.54 Å². The second-order valence-electron chi connectivity index (χ2n) is 6.64. The van der Waals surface area contributed by atoms with Crippen molar-refractivity contribution in [2.24, 2.45) is 0 Å². The van der Waals surface area contributed by atoms with Crippen LogP contribution in [0.5, 0.6) is 0 Å². The van der Waals surface area contributed by atoms with Gasteiger partial charge in [0.25, 0.3) is 5.91 Å². The number of aromatic nitrogens is 1. The Balaban J connectivity index is 1.42. The zero-order chi connectivity index (χ0) is 18.8. The van der Waals surface area contributed by atoms with Crippen molar-refractivity contribution in [1.29, 1.82) is 0 Å². The van der Waals surface area contributed by atoms with E-state index in [-0.39, 0.29) is 5.91 Å². The number of rotatable bonds is 4. The van der Waals surface area contributed by atoms with Gasteiger partial charge in [0.2, 0.25) is 0 Å². The summed E-state index contributed by atoms with van der Waals surface area (Å²) in [5.41, 5.74) is 3.15. The van der Waals surface area contributed by atoms with Gasteiger partial charge in [0.15, 0.2) is 0 Å². The molecule has 1 aromatic carbocycles. The van der Waals surface area contributed by atoms with Crippen LogP contribution in [0, 0.1) is 6.92 Å². The fraction of sp³-hybridized carbons (Fsp3) is 0.300. The molecular formula is C20H20ClN3OS2. The van der Waals surface area contributed by atoms with Gasteiger partial charge in [-0.25, -0.2) is 4.98 Å². The molecule has 1 fully saturated rings. The summed E-state index contributed by atoms with van der Waals surface area (Å²) >= 11 is 9.16. The van der Waals surface area contributed by atoms with Crippen LogP contribution in [0.4, 0.5) is 0 Å². The summed E-state index contributed by atoms with van der Waals surface area (Å²) in [7, 11) is 0. The molecule has 0 aliphatic carbocycles. The minimum Gasteiger partial charge on any atom is -0.335 e. The van der Waals surface area contributed by atoms with Gasteiger partial charge in [0.05, 0.1) is 5.69 Å². The van der Waals surface area contributed by atoms with Crippen molar-refractivity contribution in [3.8, 4) is 10.6 Å². The van der Waals surface area contributed by atoms with Gasteiger partial charge >= 0.3 is 0 Å². The number of thiophene rings is 1. The van der Waals surface area contributed by atoms with E-state index in [9.17, 15) is 4.79 Å². The van der Waals surface area contributed by atoms with E-state index in [1.165, 1.54) is 16.9 Å². The molecular weight excluding hydrogens is 398 g/mol. The van der Waals surface area contributed by atoms with Crippen molar-refractivity contribution in [3.63, 3.8) is 0 Å². The molecule has 0 spiro atoms. The van der Waals surface area contributed by atoms with Crippen molar-refractivity contribution in [2.45, 2.75) is 13.5 Å². The Morgan fingerprint density at radius 2 is 1.89 bits per heavy atom. The van der Waals surface area contributed by atoms with Crippen LogP contribution in [0.1, 0.15) is 20.9 Å². The summed E-state index contributed by atoms with van der Waals surface area (Å²) in [6, 6.07) is 9.75.